The van der Waals surface area contributed by atoms with E-state index in [0.717, 1.165) is 50.3 Å². The summed E-state index contributed by atoms with van der Waals surface area (Å²) in [7, 11) is 1.62. The first-order valence-electron chi connectivity index (χ1n) is 7.69. The van der Waals surface area contributed by atoms with Crippen LogP contribution in [0.1, 0.15) is 5.56 Å². The molecule has 0 aliphatic rings. The summed E-state index contributed by atoms with van der Waals surface area (Å²) in [6, 6.07) is 12.1. The van der Waals surface area contributed by atoms with Crippen molar-refractivity contribution in [1.29, 1.82) is 5.41 Å². The second kappa shape index (κ2) is 6.10. The highest BCUT2D eigenvalue weighted by molar-refractivity contribution is 8.26. The van der Waals surface area contributed by atoms with Crippen molar-refractivity contribution in [2.75, 3.05) is 7.05 Å². The number of rotatable bonds is 2. The molecule has 6 nitrogen and oxygen atoms in total. The number of aromatic nitrogens is 3. The summed E-state index contributed by atoms with van der Waals surface area (Å²) >= 11 is 1.16. The molecule has 2 aromatic heterocycles. The van der Waals surface area contributed by atoms with Gasteiger partial charge in [-0.1, -0.05) is 18.2 Å². The van der Waals surface area contributed by atoms with Gasteiger partial charge in [0.25, 0.3) is 0 Å². The molecule has 0 fully saturated rings. The molecule has 2 aromatic carbocycles. The molecule has 0 saturated carbocycles. The lowest BCUT2D eigenvalue weighted by Crippen LogP contribution is -2.10. The number of nitrogens with zero attached hydrogens (tertiary/aromatic N) is 2. The molecule has 0 bridgehead atoms. The van der Waals surface area contributed by atoms with Crippen molar-refractivity contribution >= 4 is 43.8 Å². The van der Waals surface area contributed by atoms with E-state index < -0.39 is 0 Å². The molecule has 0 unspecified atom stereocenters. The Hall–Kier alpha value is -3.06. The Balaban J connectivity index is 1.79. The van der Waals surface area contributed by atoms with Gasteiger partial charge in [-0.2, -0.15) is 5.10 Å². The number of aromatic amines is 2. The van der Waals surface area contributed by atoms with Gasteiger partial charge in [0.1, 0.15) is 5.04 Å². The molecular weight excluding hydrogens is 332 g/mol. The summed E-state index contributed by atoms with van der Waals surface area (Å²) in [4.78, 5) is 7.19. The Bertz CT molecular complexity index is 1120. The van der Waals surface area contributed by atoms with Crippen molar-refractivity contribution in [3.8, 4) is 11.1 Å². The predicted molar refractivity (Wildman–Crippen MR) is 105 cm³/mol. The summed E-state index contributed by atoms with van der Waals surface area (Å²) in [5.41, 5.74) is 10.7. The van der Waals surface area contributed by atoms with Crippen LogP contribution < -0.4 is 5.73 Å². The number of amidine groups is 1. The number of hydrogen-bond acceptors (Lipinski definition) is 4. The van der Waals surface area contributed by atoms with E-state index in [1.807, 2.05) is 36.7 Å². The average Bonchev–Trinajstić information content (AvgIpc) is 3.26. The zero-order chi connectivity index (χ0) is 17.4. The monoisotopic (exact) mass is 348 g/mol. The van der Waals surface area contributed by atoms with Gasteiger partial charge in [0, 0.05) is 40.7 Å². The number of benzene rings is 2. The Morgan fingerprint density at radius 1 is 1.20 bits per heavy atom. The minimum absolute atomic E-state index is 0.376. The minimum Gasteiger partial charge on any atom is -0.378 e. The molecule has 2 heterocycles. The third-order valence-electron chi connectivity index (χ3n) is 4.12. The highest BCUT2D eigenvalue weighted by Gasteiger charge is 2.11. The standard InChI is InChI=1S/C18H16N6S/c1-21-18(20)25-17(19)11-4-5-15-13(6-11)14(9-22-15)10-2-3-12-8-23-24-16(12)7-10/h2-9,19,22H,1H3,(H2,20,21)(H,23,24). The quantitative estimate of drug-likeness (QED) is 0.327. The smallest absolute Gasteiger partial charge is 0.160 e. The normalized spacial score (nSPS) is 12.1. The molecule has 0 aliphatic heterocycles. The van der Waals surface area contributed by atoms with Gasteiger partial charge in [0.15, 0.2) is 5.17 Å². The fourth-order valence-corrected chi connectivity index (χ4v) is 3.36. The number of nitrogens with one attached hydrogen (secondary N) is 3. The number of aliphatic imine (C=N–C) groups is 1. The van der Waals surface area contributed by atoms with Gasteiger partial charge in [0.2, 0.25) is 0 Å². The van der Waals surface area contributed by atoms with Crippen LogP contribution in [0.4, 0.5) is 0 Å². The average molecular weight is 348 g/mol. The third kappa shape index (κ3) is 2.78. The van der Waals surface area contributed by atoms with Crippen molar-refractivity contribution in [2.24, 2.45) is 10.7 Å². The van der Waals surface area contributed by atoms with Gasteiger partial charge in [-0.05, 0) is 35.5 Å². The van der Waals surface area contributed by atoms with E-state index in [-0.39, 0.29) is 0 Å². The number of nitrogens with two attached hydrogens (primary N) is 1. The Morgan fingerprint density at radius 3 is 2.92 bits per heavy atom. The van der Waals surface area contributed by atoms with Crippen molar-refractivity contribution < 1.29 is 0 Å². The first-order valence-corrected chi connectivity index (χ1v) is 8.51. The van der Waals surface area contributed by atoms with E-state index in [4.69, 9.17) is 11.1 Å². The van der Waals surface area contributed by atoms with Crippen LogP contribution in [0.5, 0.6) is 0 Å². The maximum atomic E-state index is 8.23. The van der Waals surface area contributed by atoms with Gasteiger partial charge in [-0.3, -0.25) is 15.5 Å². The van der Waals surface area contributed by atoms with Gasteiger partial charge in [-0.15, -0.1) is 0 Å². The number of H-pyrrole nitrogens is 2. The lowest BCUT2D eigenvalue weighted by molar-refractivity contribution is 1.12. The van der Waals surface area contributed by atoms with E-state index in [9.17, 15) is 0 Å². The maximum Gasteiger partial charge on any atom is 0.160 e. The Morgan fingerprint density at radius 2 is 2.08 bits per heavy atom. The summed E-state index contributed by atoms with van der Waals surface area (Å²) in [5.74, 6) is 0. The second-order valence-electron chi connectivity index (χ2n) is 5.63. The highest BCUT2D eigenvalue weighted by atomic mass is 32.2. The van der Waals surface area contributed by atoms with Crippen LogP contribution >= 0.6 is 11.8 Å². The van der Waals surface area contributed by atoms with Crippen molar-refractivity contribution in [1.82, 2.24) is 15.2 Å². The predicted octanol–water partition coefficient (Wildman–Crippen LogP) is 3.71. The minimum atomic E-state index is 0.376. The fourth-order valence-electron chi connectivity index (χ4n) is 2.81. The van der Waals surface area contributed by atoms with Gasteiger partial charge >= 0.3 is 0 Å². The second-order valence-corrected chi connectivity index (χ2v) is 6.66. The van der Waals surface area contributed by atoms with Crippen LogP contribution in [0.15, 0.2) is 53.8 Å². The van der Waals surface area contributed by atoms with Crippen LogP contribution in [0.2, 0.25) is 0 Å². The molecule has 0 radical (unpaired) electrons. The number of fused-ring (bicyclic) bond motifs is 2. The molecule has 0 atom stereocenters. The lowest BCUT2D eigenvalue weighted by atomic mass is 10.0. The Labute approximate surface area is 148 Å². The largest absolute Gasteiger partial charge is 0.378 e. The molecular formula is C18H16N6S. The fraction of sp³-hybridized carbons (Fsp3) is 0.0556. The van der Waals surface area contributed by atoms with Gasteiger partial charge in [0.05, 0.1) is 11.7 Å². The zero-order valence-electron chi connectivity index (χ0n) is 13.5. The molecule has 5 N–H and O–H groups in total. The van der Waals surface area contributed by atoms with Crippen LogP contribution in [0.3, 0.4) is 0 Å². The summed E-state index contributed by atoms with van der Waals surface area (Å²) in [5, 5.41) is 18.2. The van der Waals surface area contributed by atoms with Gasteiger partial charge < -0.3 is 10.7 Å². The van der Waals surface area contributed by atoms with E-state index in [1.54, 1.807) is 7.05 Å². The molecule has 0 saturated heterocycles. The van der Waals surface area contributed by atoms with E-state index in [0.29, 0.717) is 10.2 Å². The van der Waals surface area contributed by atoms with Crippen LogP contribution in [0.25, 0.3) is 32.9 Å². The van der Waals surface area contributed by atoms with Gasteiger partial charge in [-0.25, -0.2) is 0 Å². The molecule has 0 aliphatic carbocycles. The first-order chi connectivity index (χ1) is 12.2. The van der Waals surface area contributed by atoms with Crippen LogP contribution in [0, 0.1) is 5.41 Å². The molecule has 7 heteroatoms. The summed E-state index contributed by atoms with van der Waals surface area (Å²) in [6.45, 7) is 0. The maximum absolute atomic E-state index is 8.23. The lowest BCUT2D eigenvalue weighted by Gasteiger charge is -2.05. The highest BCUT2D eigenvalue weighted by Crippen LogP contribution is 2.31. The molecule has 0 amide bonds. The van der Waals surface area contributed by atoms with Crippen molar-refractivity contribution in [2.45, 2.75) is 0 Å². The van der Waals surface area contributed by atoms with Crippen LogP contribution in [-0.2, 0) is 0 Å². The molecule has 0 spiro atoms. The molecule has 124 valence electrons. The van der Waals surface area contributed by atoms with Crippen LogP contribution in [-0.4, -0.2) is 32.4 Å². The zero-order valence-corrected chi connectivity index (χ0v) is 14.3. The number of hydrogen-bond donors (Lipinski definition) is 4. The Kier molecular flexibility index (Phi) is 3.77. The summed E-state index contributed by atoms with van der Waals surface area (Å²) in [6.07, 6.45) is 3.80. The SMILES string of the molecule is CN=C(N)SC(=N)c1ccc2[nH]cc(-c3ccc4cn[nH]c4c3)c2c1. The summed E-state index contributed by atoms with van der Waals surface area (Å²) < 4.78 is 0. The topological polar surface area (TPSA) is 107 Å². The van der Waals surface area contributed by atoms with E-state index in [1.165, 1.54) is 0 Å². The third-order valence-corrected chi connectivity index (χ3v) is 4.96. The number of thioether (sulfide) groups is 1. The van der Waals surface area contributed by atoms with Crippen molar-refractivity contribution in [3.05, 3.63) is 54.4 Å². The molecule has 4 aromatic rings. The molecule has 4 rings (SSSR count). The first kappa shape index (κ1) is 15.5. The van der Waals surface area contributed by atoms with E-state index >= 15 is 0 Å². The molecule has 25 heavy (non-hydrogen) atoms. The van der Waals surface area contributed by atoms with Crippen molar-refractivity contribution in [3.63, 3.8) is 0 Å². The van der Waals surface area contributed by atoms with E-state index in [2.05, 4.69) is 32.3 Å².